The lowest BCUT2D eigenvalue weighted by molar-refractivity contribution is -0.606. The minimum atomic E-state index is 0.0894. The highest BCUT2D eigenvalue weighted by molar-refractivity contribution is 5.69. The zero-order valence-corrected chi connectivity index (χ0v) is 18.1. The van der Waals surface area contributed by atoms with E-state index in [4.69, 9.17) is 0 Å². The highest BCUT2D eigenvalue weighted by atomic mass is 15.2. The van der Waals surface area contributed by atoms with E-state index in [0.717, 1.165) is 19.4 Å². The second kappa shape index (κ2) is 8.98. The van der Waals surface area contributed by atoms with Gasteiger partial charge in [0, 0.05) is 45.1 Å². The normalized spacial score (nSPS) is 21.4. The number of benzene rings is 2. The fraction of sp³-hybridized carbons (Fsp3) is 0.444. The highest BCUT2D eigenvalue weighted by Gasteiger charge is 2.45. The van der Waals surface area contributed by atoms with Crippen molar-refractivity contribution in [3.05, 3.63) is 83.6 Å². The second-order valence-corrected chi connectivity index (χ2v) is 9.11. The lowest BCUT2D eigenvalue weighted by Crippen LogP contribution is -2.51. The SMILES string of the molecule is CC1(C)C(Cc2ccccc2)C(N2CCCCC2)=CC=[N+]1CCc1ccccc1. The molecule has 2 nitrogen and oxygen atoms in total. The van der Waals surface area contributed by atoms with Crippen LogP contribution in [0.25, 0.3) is 0 Å². The Hall–Kier alpha value is -2.35. The van der Waals surface area contributed by atoms with Crippen molar-refractivity contribution in [2.24, 2.45) is 5.92 Å². The van der Waals surface area contributed by atoms with Gasteiger partial charge < -0.3 is 4.90 Å². The average Bonchev–Trinajstić information content (AvgIpc) is 2.76. The summed E-state index contributed by atoms with van der Waals surface area (Å²) in [5, 5.41) is 0. The molecule has 0 N–H and O–H groups in total. The van der Waals surface area contributed by atoms with E-state index in [2.05, 4.69) is 96.3 Å². The number of rotatable bonds is 6. The van der Waals surface area contributed by atoms with Crippen molar-refractivity contribution in [2.75, 3.05) is 19.6 Å². The van der Waals surface area contributed by atoms with Gasteiger partial charge in [-0.25, -0.2) is 4.58 Å². The quantitative estimate of drug-likeness (QED) is 0.607. The summed E-state index contributed by atoms with van der Waals surface area (Å²) in [6.45, 7) is 8.38. The van der Waals surface area contributed by atoms with Gasteiger partial charge in [0.25, 0.3) is 0 Å². The molecule has 1 atom stereocenters. The molecular formula is C27H35N2+. The molecule has 0 amide bonds. The Kier molecular flexibility index (Phi) is 6.18. The Morgan fingerprint density at radius 3 is 2.14 bits per heavy atom. The van der Waals surface area contributed by atoms with Crippen LogP contribution in [-0.2, 0) is 12.8 Å². The van der Waals surface area contributed by atoms with Gasteiger partial charge in [-0.3, -0.25) is 0 Å². The molecule has 2 aromatic carbocycles. The lowest BCUT2D eigenvalue weighted by Gasteiger charge is -2.42. The van der Waals surface area contributed by atoms with Crippen LogP contribution in [0.4, 0.5) is 0 Å². The van der Waals surface area contributed by atoms with E-state index < -0.39 is 0 Å². The molecule has 0 spiro atoms. The van der Waals surface area contributed by atoms with Crippen LogP contribution in [0, 0.1) is 5.92 Å². The predicted octanol–water partition coefficient (Wildman–Crippen LogP) is 5.33. The van der Waals surface area contributed by atoms with Gasteiger partial charge in [0.15, 0.2) is 11.8 Å². The van der Waals surface area contributed by atoms with E-state index in [-0.39, 0.29) is 5.54 Å². The second-order valence-electron chi connectivity index (χ2n) is 9.11. The maximum absolute atomic E-state index is 2.67. The number of hydrogen-bond acceptors (Lipinski definition) is 1. The zero-order valence-electron chi connectivity index (χ0n) is 18.1. The van der Waals surface area contributed by atoms with Gasteiger partial charge in [-0.05, 0) is 36.8 Å². The van der Waals surface area contributed by atoms with E-state index in [1.54, 1.807) is 5.70 Å². The largest absolute Gasteiger partial charge is 0.374 e. The molecule has 0 bridgehead atoms. The first kappa shape index (κ1) is 19.9. The van der Waals surface area contributed by atoms with Crippen molar-refractivity contribution in [3.8, 4) is 0 Å². The maximum Gasteiger partial charge on any atom is 0.165 e. The van der Waals surface area contributed by atoms with E-state index in [1.807, 2.05) is 0 Å². The van der Waals surface area contributed by atoms with Gasteiger partial charge in [-0.1, -0.05) is 60.7 Å². The minimum Gasteiger partial charge on any atom is -0.374 e. The van der Waals surface area contributed by atoms with Crippen molar-refractivity contribution in [1.82, 2.24) is 4.90 Å². The van der Waals surface area contributed by atoms with E-state index in [1.165, 1.54) is 43.5 Å². The summed E-state index contributed by atoms with van der Waals surface area (Å²) in [6.07, 6.45) is 11.0. The third-order valence-electron chi connectivity index (χ3n) is 6.86. The van der Waals surface area contributed by atoms with Crippen molar-refractivity contribution in [2.45, 2.75) is 51.5 Å². The van der Waals surface area contributed by atoms with Crippen molar-refractivity contribution >= 4 is 6.21 Å². The molecule has 1 saturated heterocycles. The maximum atomic E-state index is 2.67. The minimum absolute atomic E-state index is 0.0894. The Morgan fingerprint density at radius 1 is 0.862 bits per heavy atom. The van der Waals surface area contributed by atoms with Crippen LogP contribution in [0.15, 0.2) is 72.4 Å². The molecule has 2 heterocycles. The zero-order chi connectivity index (χ0) is 20.1. The molecule has 1 unspecified atom stereocenters. The lowest BCUT2D eigenvalue weighted by atomic mass is 9.77. The smallest absolute Gasteiger partial charge is 0.165 e. The first-order chi connectivity index (χ1) is 14.1. The summed E-state index contributed by atoms with van der Waals surface area (Å²) < 4.78 is 2.58. The Bertz CT molecular complexity index is 843. The molecule has 2 aliphatic rings. The molecule has 2 heteroatoms. The van der Waals surface area contributed by atoms with E-state index in [0.29, 0.717) is 5.92 Å². The van der Waals surface area contributed by atoms with Crippen LogP contribution in [0.3, 0.4) is 0 Å². The molecule has 0 radical (unpaired) electrons. The fourth-order valence-corrected chi connectivity index (χ4v) is 4.98. The highest BCUT2D eigenvalue weighted by Crippen LogP contribution is 2.36. The van der Waals surface area contributed by atoms with Crippen LogP contribution >= 0.6 is 0 Å². The average molecular weight is 388 g/mol. The number of hydrogen-bond donors (Lipinski definition) is 0. The van der Waals surface area contributed by atoms with Gasteiger partial charge in [-0.15, -0.1) is 0 Å². The summed E-state index contributed by atoms with van der Waals surface area (Å²) >= 11 is 0. The van der Waals surface area contributed by atoms with Crippen LogP contribution in [0.2, 0.25) is 0 Å². The summed E-state index contributed by atoms with van der Waals surface area (Å²) in [7, 11) is 0. The summed E-state index contributed by atoms with van der Waals surface area (Å²) in [5.41, 5.74) is 4.50. The van der Waals surface area contributed by atoms with Crippen molar-refractivity contribution in [1.29, 1.82) is 0 Å². The van der Waals surface area contributed by atoms with Crippen LogP contribution in [0.5, 0.6) is 0 Å². The van der Waals surface area contributed by atoms with Gasteiger partial charge in [0.2, 0.25) is 0 Å². The molecular weight excluding hydrogens is 352 g/mol. The number of nitrogens with zero attached hydrogens (tertiary/aromatic N) is 2. The van der Waals surface area contributed by atoms with Crippen LogP contribution in [0.1, 0.15) is 44.2 Å². The van der Waals surface area contributed by atoms with Gasteiger partial charge in [-0.2, -0.15) is 0 Å². The first-order valence-corrected chi connectivity index (χ1v) is 11.3. The van der Waals surface area contributed by atoms with E-state index >= 15 is 0 Å². The molecule has 0 aliphatic carbocycles. The third kappa shape index (κ3) is 4.63. The van der Waals surface area contributed by atoms with Crippen LogP contribution in [-0.4, -0.2) is 40.9 Å². The summed E-state index contributed by atoms with van der Waals surface area (Å²) in [4.78, 5) is 2.67. The number of piperidine rings is 1. The van der Waals surface area contributed by atoms with Crippen molar-refractivity contribution in [3.63, 3.8) is 0 Å². The number of allylic oxidation sites excluding steroid dienone is 1. The standard InChI is InChI=1S/C27H35N2/c1-27(2)25(22-24-14-8-4-9-15-24)26(28-18-10-5-11-19-28)17-21-29(27)20-16-23-12-6-3-7-13-23/h3-4,6-9,12-15,17,21,25H,5,10-11,16,18-20,22H2,1-2H3/q+1. The molecule has 2 aliphatic heterocycles. The number of likely N-dealkylation sites (tertiary alicyclic amines) is 1. The molecule has 29 heavy (non-hydrogen) atoms. The Balaban J connectivity index is 1.60. The van der Waals surface area contributed by atoms with E-state index in [9.17, 15) is 0 Å². The van der Waals surface area contributed by atoms with Gasteiger partial charge in [0.05, 0.1) is 5.92 Å². The monoisotopic (exact) mass is 387 g/mol. The molecule has 0 saturated carbocycles. The van der Waals surface area contributed by atoms with Crippen LogP contribution < -0.4 is 0 Å². The summed E-state index contributed by atoms with van der Waals surface area (Å²) in [6, 6.07) is 21.9. The summed E-state index contributed by atoms with van der Waals surface area (Å²) in [5.74, 6) is 0.503. The third-order valence-corrected chi connectivity index (χ3v) is 6.86. The molecule has 4 rings (SSSR count). The molecule has 152 valence electrons. The first-order valence-electron chi connectivity index (χ1n) is 11.3. The Morgan fingerprint density at radius 2 is 1.48 bits per heavy atom. The van der Waals surface area contributed by atoms with Gasteiger partial charge >= 0.3 is 0 Å². The van der Waals surface area contributed by atoms with Gasteiger partial charge in [0.1, 0.15) is 6.54 Å². The topological polar surface area (TPSA) is 6.25 Å². The molecule has 2 aromatic rings. The molecule has 0 aromatic heterocycles. The Labute approximate surface area is 176 Å². The fourth-order valence-electron chi connectivity index (χ4n) is 4.98. The molecule has 1 fully saturated rings. The van der Waals surface area contributed by atoms with Crippen molar-refractivity contribution < 1.29 is 4.58 Å². The predicted molar refractivity (Wildman–Crippen MR) is 123 cm³/mol.